The molecular weight excluding hydrogens is 342 g/mol. The van der Waals surface area contributed by atoms with Gasteiger partial charge >= 0.3 is 0 Å². The molecule has 0 saturated heterocycles. The second-order valence-electron chi connectivity index (χ2n) is 4.59. The van der Waals surface area contributed by atoms with Crippen LogP contribution in [-0.4, -0.2) is 24.1 Å². The van der Waals surface area contributed by atoms with Gasteiger partial charge in [-0.1, -0.05) is 36.7 Å². The molecule has 0 amide bonds. The summed E-state index contributed by atoms with van der Waals surface area (Å²) >= 11 is 7.73. The van der Waals surface area contributed by atoms with Crippen LogP contribution in [0.25, 0.3) is 0 Å². The Balaban J connectivity index is 3.48. The van der Waals surface area contributed by atoms with Crippen LogP contribution in [0.5, 0.6) is 0 Å². The molecule has 0 aromatic heterocycles. The average Bonchev–Trinajstić information content (AvgIpc) is 2.61. The van der Waals surface area contributed by atoms with E-state index in [4.69, 9.17) is 17.3 Å². The predicted molar refractivity (Wildman–Crippen MR) is 105 cm³/mol. The topological polar surface area (TPSA) is 77.4 Å². The van der Waals surface area contributed by atoms with Gasteiger partial charge < -0.3 is 11.1 Å². The van der Waals surface area contributed by atoms with Gasteiger partial charge in [0.1, 0.15) is 17.5 Å². The lowest BCUT2D eigenvalue weighted by Crippen LogP contribution is -2.30. The summed E-state index contributed by atoms with van der Waals surface area (Å²) in [7, 11) is 0. The third-order valence-corrected chi connectivity index (χ3v) is 4.25. The standard InChI is InChI=1S/C17H22ClN5S/c1-4-10-21-23(12-20)17(13(11-19)16(5-2)24-3)22-15-9-7-6-8-14(15)18/h5-10,22H,4,12,20H2,1-3H3/b16-5+,17-13-,21-10-. The number of halogens is 1. The molecule has 0 fully saturated rings. The van der Waals surface area contributed by atoms with Crippen molar-refractivity contribution in [1.29, 1.82) is 5.26 Å². The van der Waals surface area contributed by atoms with Crippen LogP contribution in [-0.2, 0) is 0 Å². The summed E-state index contributed by atoms with van der Waals surface area (Å²) in [6.45, 7) is 3.99. The summed E-state index contributed by atoms with van der Waals surface area (Å²) in [4.78, 5) is 0.831. The fourth-order valence-electron chi connectivity index (χ4n) is 1.91. The molecule has 0 aliphatic rings. The van der Waals surface area contributed by atoms with Crippen LogP contribution in [0, 0.1) is 11.3 Å². The first-order valence-corrected chi connectivity index (χ1v) is 9.09. The fourth-order valence-corrected chi connectivity index (χ4v) is 2.68. The number of para-hydroxylation sites is 1. The first kappa shape index (κ1) is 20.1. The lowest BCUT2D eigenvalue weighted by atomic mass is 10.2. The summed E-state index contributed by atoms with van der Waals surface area (Å²) in [6.07, 6.45) is 6.30. The zero-order valence-electron chi connectivity index (χ0n) is 14.1. The van der Waals surface area contributed by atoms with Gasteiger partial charge in [0, 0.05) is 11.1 Å². The summed E-state index contributed by atoms with van der Waals surface area (Å²) < 4.78 is 0. The smallest absolute Gasteiger partial charge is 0.147 e. The van der Waals surface area contributed by atoms with E-state index in [1.165, 1.54) is 11.8 Å². The van der Waals surface area contributed by atoms with E-state index in [0.29, 0.717) is 22.1 Å². The van der Waals surface area contributed by atoms with Crippen molar-refractivity contribution in [2.45, 2.75) is 20.3 Å². The highest BCUT2D eigenvalue weighted by atomic mass is 35.5. The molecule has 0 heterocycles. The number of nitrogens with zero attached hydrogens (tertiary/aromatic N) is 3. The van der Waals surface area contributed by atoms with Crippen LogP contribution in [0.4, 0.5) is 5.69 Å². The number of benzene rings is 1. The van der Waals surface area contributed by atoms with Gasteiger partial charge in [0.05, 0.1) is 17.4 Å². The van der Waals surface area contributed by atoms with E-state index in [9.17, 15) is 5.26 Å². The molecule has 0 spiro atoms. The molecule has 0 saturated carbocycles. The molecule has 1 aromatic rings. The molecule has 0 aliphatic heterocycles. The minimum atomic E-state index is 0.125. The highest BCUT2D eigenvalue weighted by Gasteiger charge is 2.17. The van der Waals surface area contributed by atoms with Gasteiger partial charge in [-0.25, -0.2) is 5.01 Å². The van der Waals surface area contributed by atoms with E-state index in [-0.39, 0.29) is 6.67 Å². The third kappa shape index (κ3) is 5.31. The van der Waals surface area contributed by atoms with Crippen molar-refractivity contribution in [2.75, 3.05) is 18.2 Å². The van der Waals surface area contributed by atoms with Gasteiger partial charge in [-0.2, -0.15) is 10.4 Å². The maximum Gasteiger partial charge on any atom is 0.147 e. The van der Waals surface area contributed by atoms with Crippen LogP contribution in [0.2, 0.25) is 5.02 Å². The van der Waals surface area contributed by atoms with Crippen LogP contribution in [0.1, 0.15) is 20.3 Å². The average molecular weight is 364 g/mol. The predicted octanol–water partition coefficient (Wildman–Crippen LogP) is 4.37. The second-order valence-corrected chi connectivity index (χ2v) is 5.84. The van der Waals surface area contributed by atoms with Crippen LogP contribution >= 0.6 is 23.4 Å². The summed E-state index contributed by atoms with van der Waals surface area (Å²) in [6, 6.07) is 9.58. The maximum atomic E-state index is 9.69. The van der Waals surface area contributed by atoms with Crippen molar-refractivity contribution in [3.8, 4) is 6.07 Å². The lowest BCUT2D eigenvalue weighted by molar-refractivity contribution is 0.379. The Bertz CT molecular complexity index is 676. The van der Waals surface area contributed by atoms with E-state index in [1.807, 2.05) is 44.4 Å². The minimum Gasteiger partial charge on any atom is -0.338 e. The van der Waals surface area contributed by atoms with E-state index < -0.39 is 0 Å². The van der Waals surface area contributed by atoms with Gasteiger partial charge in [-0.05, 0) is 31.7 Å². The molecule has 0 unspecified atom stereocenters. The number of nitrogens with two attached hydrogens (primary N) is 1. The van der Waals surface area contributed by atoms with E-state index in [1.54, 1.807) is 17.3 Å². The van der Waals surface area contributed by atoms with E-state index >= 15 is 0 Å². The normalized spacial score (nSPS) is 12.8. The van der Waals surface area contributed by atoms with Gasteiger partial charge in [0.15, 0.2) is 0 Å². The van der Waals surface area contributed by atoms with Crippen LogP contribution in [0.3, 0.4) is 0 Å². The van der Waals surface area contributed by atoms with Crippen LogP contribution in [0.15, 0.2) is 51.7 Å². The largest absolute Gasteiger partial charge is 0.338 e. The number of hydrogen-bond donors (Lipinski definition) is 2. The Kier molecular flexibility index (Phi) is 9.02. The number of thioether (sulfide) groups is 1. The number of nitriles is 1. The SMILES string of the molecule is C/C=C(SC)\C(C#N)=C(\Nc1ccccc1Cl)N(CN)/N=C\CC. The van der Waals surface area contributed by atoms with Crippen molar-refractivity contribution in [3.63, 3.8) is 0 Å². The van der Waals surface area contributed by atoms with Crippen molar-refractivity contribution >= 4 is 35.3 Å². The number of allylic oxidation sites excluding steroid dienone is 2. The van der Waals surface area contributed by atoms with Gasteiger partial charge in [0.2, 0.25) is 0 Å². The van der Waals surface area contributed by atoms with Crippen molar-refractivity contribution < 1.29 is 0 Å². The quantitative estimate of drug-likeness (QED) is 0.236. The molecule has 5 nitrogen and oxygen atoms in total. The molecule has 0 radical (unpaired) electrons. The van der Waals surface area contributed by atoms with Crippen molar-refractivity contribution in [2.24, 2.45) is 10.8 Å². The third-order valence-electron chi connectivity index (χ3n) is 3.04. The summed E-state index contributed by atoms with van der Waals surface area (Å²) in [5.41, 5.74) is 7.00. The number of hydrogen-bond acceptors (Lipinski definition) is 6. The Morgan fingerprint density at radius 1 is 1.50 bits per heavy atom. The molecule has 7 heteroatoms. The first-order chi connectivity index (χ1) is 11.6. The number of nitrogens with one attached hydrogen (secondary N) is 1. The van der Waals surface area contributed by atoms with Crippen molar-refractivity contribution in [1.82, 2.24) is 5.01 Å². The van der Waals surface area contributed by atoms with E-state index in [0.717, 1.165) is 11.3 Å². The Labute approximate surface area is 152 Å². The summed E-state index contributed by atoms with van der Waals surface area (Å²) in [5, 5.41) is 19.4. The molecule has 1 aromatic carbocycles. The Morgan fingerprint density at radius 2 is 2.21 bits per heavy atom. The second kappa shape index (κ2) is 10.8. The van der Waals surface area contributed by atoms with Gasteiger partial charge in [0.25, 0.3) is 0 Å². The minimum absolute atomic E-state index is 0.125. The fraction of sp³-hybridized carbons (Fsp3) is 0.294. The molecule has 0 aliphatic carbocycles. The van der Waals surface area contributed by atoms with Crippen molar-refractivity contribution in [3.05, 3.63) is 51.7 Å². The molecule has 0 atom stereocenters. The number of anilines is 1. The molecule has 3 N–H and O–H groups in total. The highest BCUT2D eigenvalue weighted by molar-refractivity contribution is 8.02. The zero-order chi connectivity index (χ0) is 17.9. The maximum absolute atomic E-state index is 9.69. The summed E-state index contributed by atoms with van der Waals surface area (Å²) in [5.74, 6) is 0.500. The molecule has 0 bridgehead atoms. The van der Waals surface area contributed by atoms with E-state index in [2.05, 4.69) is 16.5 Å². The van der Waals surface area contributed by atoms with Crippen LogP contribution < -0.4 is 11.1 Å². The monoisotopic (exact) mass is 363 g/mol. The highest BCUT2D eigenvalue weighted by Crippen LogP contribution is 2.29. The number of hydrazone groups is 1. The molecule has 128 valence electrons. The Hall–Kier alpha value is -1.94. The number of rotatable bonds is 8. The lowest BCUT2D eigenvalue weighted by Gasteiger charge is -2.24. The first-order valence-electron chi connectivity index (χ1n) is 7.49. The van der Waals surface area contributed by atoms with Gasteiger partial charge in [-0.15, -0.1) is 11.8 Å². The molecular formula is C17H22ClN5S. The zero-order valence-corrected chi connectivity index (χ0v) is 15.7. The Morgan fingerprint density at radius 3 is 2.71 bits per heavy atom. The molecule has 1 rings (SSSR count). The molecule has 24 heavy (non-hydrogen) atoms. The van der Waals surface area contributed by atoms with Gasteiger partial charge in [-0.3, -0.25) is 0 Å².